The quantitative estimate of drug-likeness (QED) is 0.724. The van der Waals surface area contributed by atoms with E-state index in [0.717, 1.165) is 6.42 Å². The van der Waals surface area contributed by atoms with Crippen LogP contribution in [0.4, 0.5) is 0 Å². The minimum absolute atomic E-state index is 0.132. The van der Waals surface area contributed by atoms with Crippen molar-refractivity contribution >= 4 is 5.97 Å². The van der Waals surface area contributed by atoms with Gasteiger partial charge in [0.05, 0.1) is 25.3 Å². The summed E-state index contributed by atoms with van der Waals surface area (Å²) in [7, 11) is 0. The normalized spacial score (nSPS) is 19.8. The first-order chi connectivity index (χ1) is 7.67. The van der Waals surface area contributed by atoms with E-state index in [0.29, 0.717) is 31.1 Å². The van der Waals surface area contributed by atoms with Crippen LogP contribution in [0.3, 0.4) is 0 Å². The van der Waals surface area contributed by atoms with Crippen LogP contribution in [0.25, 0.3) is 0 Å². The molecule has 1 rings (SSSR count). The molecular weight excluding hydrogens is 206 g/mol. The third kappa shape index (κ3) is 3.61. The molecular formula is C12H19NO3. The van der Waals surface area contributed by atoms with Gasteiger partial charge in [0.25, 0.3) is 0 Å². The second-order valence-electron chi connectivity index (χ2n) is 3.63. The molecule has 0 aliphatic heterocycles. The van der Waals surface area contributed by atoms with Gasteiger partial charge in [0.15, 0.2) is 0 Å². The van der Waals surface area contributed by atoms with Gasteiger partial charge in [0.2, 0.25) is 0 Å². The predicted molar refractivity (Wildman–Crippen MR) is 61.3 cm³/mol. The maximum absolute atomic E-state index is 11.3. The lowest BCUT2D eigenvalue weighted by molar-refractivity contribution is -0.143. The highest BCUT2D eigenvalue weighted by atomic mass is 16.5. The lowest BCUT2D eigenvalue weighted by atomic mass is 9.95. The zero-order valence-electron chi connectivity index (χ0n) is 9.86. The van der Waals surface area contributed by atoms with Crippen LogP contribution in [-0.2, 0) is 14.3 Å². The largest absolute Gasteiger partial charge is 0.492 e. The van der Waals surface area contributed by atoms with Gasteiger partial charge in [0.1, 0.15) is 5.76 Å². The Hall–Kier alpha value is -1.45. The first-order valence-electron chi connectivity index (χ1n) is 5.63. The molecule has 90 valence electrons. The van der Waals surface area contributed by atoms with Crippen molar-refractivity contribution in [3.63, 3.8) is 0 Å². The highest BCUT2D eigenvalue weighted by Gasteiger charge is 2.18. The minimum atomic E-state index is -0.173. The van der Waals surface area contributed by atoms with Crippen molar-refractivity contribution < 1.29 is 14.3 Å². The van der Waals surface area contributed by atoms with Crippen molar-refractivity contribution in [2.24, 2.45) is 11.7 Å². The Bertz CT molecular complexity index is 307. The summed E-state index contributed by atoms with van der Waals surface area (Å²) in [4.78, 5) is 11.3. The zero-order chi connectivity index (χ0) is 12.0. The standard InChI is InChI=1S/C12H19NO3/c1-3-15-11-7-9(5-6-10(11)13)8-12(14)16-4-2/h6-7,9H,3-5,8,13H2,1-2H3. The number of hydrogen-bond donors (Lipinski definition) is 1. The molecule has 0 radical (unpaired) electrons. The van der Waals surface area contributed by atoms with E-state index in [1.165, 1.54) is 0 Å². The Kier molecular flexibility index (Phi) is 4.89. The minimum Gasteiger partial charge on any atom is -0.492 e. The van der Waals surface area contributed by atoms with E-state index in [9.17, 15) is 4.79 Å². The third-order valence-corrected chi connectivity index (χ3v) is 2.35. The lowest BCUT2D eigenvalue weighted by Gasteiger charge is -2.19. The number of carbonyl (C=O) groups excluding carboxylic acids is 1. The maximum Gasteiger partial charge on any atom is 0.306 e. The van der Waals surface area contributed by atoms with Crippen molar-refractivity contribution in [1.29, 1.82) is 0 Å². The smallest absolute Gasteiger partial charge is 0.306 e. The molecule has 4 heteroatoms. The molecule has 16 heavy (non-hydrogen) atoms. The highest BCUT2D eigenvalue weighted by molar-refractivity contribution is 5.70. The molecule has 4 nitrogen and oxygen atoms in total. The van der Waals surface area contributed by atoms with Gasteiger partial charge >= 0.3 is 5.97 Å². The van der Waals surface area contributed by atoms with Crippen molar-refractivity contribution in [3.05, 3.63) is 23.6 Å². The topological polar surface area (TPSA) is 61.5 Å². The second-order valence-corrected chi connectivity index (χ2v) is 3.63. The van der Waals surface area contributed by atoms with Crippen molar-refractivity contribution in [2.45, 2.75) is 26.7 Å². The fraction of sp³-hybridized carbons (Fsp3) is 0.583. The average molecular weight is 225 g/mol. The first kappa shape index (κ1) is 12.6. The molecule has 0 aromatic carbocycles. The van der Waals surface area contributed by atoms with E-state index in [2.05, 4.69) is 0 Å². The molecule has 1 aliphatic carbocycles. The molecule has 0 fully saturated rings. The molecule has 0 heterocycles. The summed E-state index contributed by atoms with van der Waals surface area (Å²) in [6, 6.07) is 0. The fourth-order valence-corrected chi connectivity index (χ4v) is 1.62. The number of ether oxygens (including phenoxy) is 2. The van der Waals surface area contributed by atoms with E-state index in [-0.39, 0.29) is 11.9 Å². The molecule has 1 atom stereocenters. The number of allylic oxidation sites excluding steroid dienone is 2. The number of esters is 1. The summed E-state index contributed by atoms with van der Waals surface area (Å²) in [6.07, 6.45) is 4.96. The molecule has 0 bridgehead atoms. The van der Waals surface area contributed by atoms with E-state index < -0.39 is 0 Å². The SMILES string of the molecule is CCOC(=O)CC1C=C(OCC)C(N)=CC1. The van der Waals surface area contributed by atoms with Crippen LogP contribution in [0.2, 0.25) is 0 Å². The molecule has 0 saturated heterocycles. The molecule has 0 spiro atoms. The number of carbonyl (C=O) groups is 1. The van der Waals surface area contributed by atoms with E-state index in [4.69, 9.17) is 15.2 Å². The van der Waals surface area contributed by atoms with Crippen molar-refractivity contribution in [1.82, 2.24) is 0 Å². The highest BCUT2D eigenvalue weighted by Crippen LogP contribution is 2.23. The number of hydrogen-bond acceptors (Lipinski definition) is 4. The van der Waals surface area contributed by atoms with Crippen LogP contribution in [-0.4, -0.2) is 19.2 Å². The predicted octanol–water partition coefficient (Wildman–Crippen LogP) is 1.72. The summed E-state index contributed by atoms with van der Waals surface area (Å²) in [5.74, 6) is 0.643. The van der Waals surface area contributed by atoms with Crippen molar-refractivity contribution in [2.75, 3.05) is 13.2 Å². The van der Waals surface area contributed by atoms with Gasteiger partial charge in [0, 0.05) is 0 Å². The van der Waals surface area contributed by atoms with Gasteiger partial charge in [-0.1, -0.05) is 6.08 Å². The molecule has 0 saturated carbocycles. The van der Waals surface area contributed by atoms with E-state index in [1.807, 2.05) is 19.1 Å². The summed E-state index contributed by atoms with van der Waals surface area (Å²) in [6.45, 7) is 4.71. The van der Waals surface area contributed by atoms with Crippen LogP contribution in [0, 0.1) is 5.92 Å². The Morgan fingerprint density at radius 3 is 2.88 bits per heavy atom. The summed E-state index contributed by atoms with van der Waals surface area (Å²) in [5.41, 5.74) is 6.42. The van der Waals surface area contributed by atoms with Crippen LogP contribution >= 0.6 is 0 Å². The second kappa shape index (κ2) is 6.20. The van der Waals surface area contributed by atoms with Gasteiger partial charge < -0.3 is 15.2 Å². The van der Waals surface area contributed by atoms with E-state index in [1.54, 1.807) is 6.92 Å². The Morgan fingerprint density at radius 2 is 2.25 bits per heavy atom. The summed E-state index contributed by atoms with van der Waals surface area (Å²) in [5, 5.41) is 0. The van der Waals surface area contributed by atoms with Gasteiger partial charge in [-0.25, -0.2) is 0 Å². The monoisotopic (exact) mass is 225 g/mol. The van der Waals surface area contributed by atoms with Gasteiger partial charge in [-0.05, 0) is 32.3 Å². The fourth-order valence-electron chi connectivity index (χ4n) is 1.62. The molecule has 1 aliphatic rings. The summed E-state index contributed by atoms with van der Waals surface area (Å²) < 4.78 is 10.3. The van der Waals surface area contributed by atoms with Gasteiger partial charge in [-0.3, -0.25) is 4.79 Å². The number of rotatable bonds is 5. The molecule has 2 N–H and O–H groups in total. The van der Waals surface area contributed by atoms with Crippen LogP contribution in [0.5, 0.6) is 0 Å². The molecule has 0 aromatic heterocycles. The van der Waals surface area contributed by atoms with E-state index >= 15 is 0 Å². The van der Waals surface area contributed by atoms with Crippen LogP contribution < -0.4 is 5.73 Å². The lowest BCUT2D eigenvalue weighted by Crippen LogP contribution is -2.16. The Labute approximate surface area is 96.1 Å². The Balaban J connectivity index is 2.55. The summed E-state index contributed by atoms with van der Waals surface area (Å²) >= 11 is 0. The molecule has 0 aromatic rings. The van der Waals surface area contributed by atoms with Crippen LogP contribution in [0.15, 0.2) is 23.6 Å². The third-order valence-electron chi connectivity index (χ3n) is 2.35. The average Bonchev–Trinajstić information content (AvgIpc) is 2.24. The maximum atomic E-state index is 11.3. The molecule has 0 amide bonds. The first-order valence-corrected chi connectivity index (χ1v) is 5.63. The molecule has 1 unspecified atom stereocenters. The zero-order valence-corrected chi connectivity index (χ0v) is 9.86. The van der Waals surface area contributed by atoms with Gasteiger partial charge in [-0.2, -0.15) is 0 Å². The van der Waals surface area contributed by atoms with Crippen molar-refractivity contribution in [3.8, 4) is 0 Å². The van der Waals surface area contributed by atoms with Gasteiger partial charge in [-0.15, -0.1) is 0 Å². The number of nitrogens with two attached hydrogens (primary N) is 1. The Morgan fingerprint density at radius 1 is 1.50 bits per heavy atom. The van der Waals surface area contributed by atoms with Crippen LogP contribution in [0.1, 0.15) is 26.7 Å².